The Hall–Kier alpha value is -1.32. The van der Waals surface area contributed by atoms with E-state index in [1.54, 1.807) is 0 Å². The summed E-state index contributed by atoms with van der Waals surface area (Å²) in [5, 5.41) is 0. The second kappa shape index (κ2) is 6.63. The highest BCUT2D eigenvalue weighted by molar-refractivity contribution is 5.83. The Morgan fingerprint density at radius 2 is 1.57 bits per heavy atom. The Bertz CT molecular complexity index is 468. The molecule has 0 saturated heterocycles. The van der Waals surface area contributed by atoms with Gasteiger partial charge in [0.25, 0.3) is 0 Å². The van der Waals surface area contributed by atoms with Gasteiger partial charge in [-0.25, -0.2) is 0 Å². The minimum absolute atomic E-state index is 0.0832. The van der Waals surface area contributed by atoms with Crippen LogP contribution in [0.3, 0.4) is 0 Å². The van der Waals surface area contributed by atoms with Gasteiger partial charge in [0.2, 0.25) is 0 Å². The van der Waals surface area contributed by atoms with Crippen molar-refractivity contribution in [2.24, 2.45) is 11.8 Å². The van der Waals surface area contributed by atoms with Crippen molar-refractivity contribution in [2.75, 3.05) is 0 Å². The molecule has 1 aliphatic carbocycles. The van der Waals surface area contributed by atoms with Crippen LogP contribution in [0.4, 0.5) is 13.2 Å². The van der Waals surface area contributed by atoms with Gasteiger partial charge < -0.3 is 0 Å². The Morgan fingerprint density at radius 1 is 1.05 bits per heavy atom. The number of ketones is 1. The third kappa shape index (κ3) is 4.32. The van der Waals surface area contributed by atoms with Gasteiger partial charge in [0.15, 0.2) is 0 Å². The van der Waals surface area contributed by atoms with Crippen LogP contribution in [0.1, 0.15) is 43.7 Å². The van der Waals surface area contributed by atoms with E-state index in [2.05, 4.69) is 6.92 Å². The van der Waals surface area contributed by atoms with Crippen LogP contribution in [0.2, 0.25) is 0 Å². The van der Waals surface area contributed by atoms with E-state index >= 15 is 0 Å². The zero-order chi connectivity index (χ0) is 15.5. The van der Waals surface area contributed by atoms with Gasteiger partial charge in [0, 0.05) is 12.3 Å². The number of carbonyl (C=O) groups excluding carboxylic acids is 1. The van der Waals surface area contributed by atoms with Crippen molar-refractivity contribution in [3.8, 4) is 0 Å². The molecule has 0 atom stereocenters. The first kappa shape index (κ1) is 16.1. The summed E-state index contributed by atoms with van der Waals surface area (Å²) in [7, 11) is 0. The van der Waals surface area contributed by atoms with Crippen molar-refractivity contribution in [1.29, 1.82) is 0 Å². The molecular formula is C17H21F3O. The Morgan fingerprint density at radius 3 is 2.05 bits per heavy atom. The smallest absolute Gasteiger partial charge is 0.299 e. The lowest BCUT2D eigenvalue weighted by Crippen LogP contribution is -2.30. The molecule has 2 rings (SSSR count). The number of benzene rings is 1. The number of halogens is 3. The summed E-state index contributed by atoms with van der Waals surface area (Å²) in [6, 6.07) is 7.89. The SMILES string of the molecule is CCc1ccc(CC(=O)C2CCC(C(F)(F)F)CC2)cc1. The number of Topliss-reactive ketones (excluding diaryl/α,β-unsaturated/α-hetero) is 1. The standard InChI is InChI=1S/C17H21F3O/c1-2-12-3-5-13(6-4-12)11-16(21)14-7-9-15(10-8-14)17(18,19)20/h3-6,14-15H,2,7-11H2,1H3. The maximum absolute atomic E-state index is 12.6. The van der Waals surface area contributed by atoms with E-state index in [4.69, 9.17) is 0 Å². The number of rotatable bonds is 4. The van der Waals surface area contributed by atoms with Crippen molar-refractivity contribution in [3.05, 3.63) is 35.4 Å². The first-order valence-electron chi connectivity index (χ1n) is 7.57. The van der Waals surface area contributed by atoms with Gasteiger partial charge in [-0.3, -0.25) is 4.79 Å². The number of carbonyl (C=O) groups is 1. The van der Waals surface area contributed by atoms with Crippen molar-refractivity contribution in [1.82, 2.24) is 0 Å². The minimum Gasteiger partial charge on any atom is -0.299 e. The molecule has 1 fully saturated rings. The molecular weight excluding hydrogens is 277 g/mol. The molecule has 0 radical (unpaired) electrons. The van der Waals surface area contributed by atoms with Crippen molar-refractivity contribution in [3.63, 3.8) is 0 Å². The first-order chi connectivity index (χ1) is 9.90. The third-order valence-corrected chi connectivity index (χ3v) is 4.46. The van der Waals surface area contributed by atoms with Gasteiger partial charge in [0.05, 0.1) is 5.92 Å². The summed E-state index contributed by atoms with van der Waals surface area (Å²) in [6.07, 6.45) is -1.89. The molecule has 0 bridgehead atoms. The molecule has 0 N–H and O–H groups in total. The quantitative estimate of drug-likeness (QED) is 0.785. The molecule has 116 valence electrons. The molecule has 4 heteroatoms. The Labute approximate surface area is 123 Å². The predicted molar refractivity (Wildman–Crippen MR) is 76.0 cm³/mol. The molecule has 1 aliphatic rings. The van der Waals surface area contributed by atoms with Crippen LogP contribution in [0.25, 0.3) is 0 Å². The zero-order valence-electron chi connectivity index (χ0n) is 12.2. The van der Waals surface area contributed by atoms with Gasteiger partial charge >= 0.3 is 6.18 Å². The summed E-state index contributed by atoms with van der Waals surface area (Å²) in [5.74, 6) is -1.33. The largest absolute Gasteiger partial charge is 0.391 e. The van der Waals surface area contributed by atoms with Crippen LogP contribution in [0.5, 0.6) is 0 Å². The fourth-order valence-electron chi connectivity index (χ4n) is 2.98. The molecule has 0 spiro atoms. The van der Waals surface area contributed by atoms with Gasteiger partial charge in [-0.1, -0.05) is 31.2 Å². The van der Waals surface area contributed by atoms with Crippen molar-refractivity contribution >= 4 is 5.78 Å². The minimum atomic E-state index is -4.11. The molecule has 1 nitrogen and oxygen atoms in total. The topological polar surface area (TPSA) is 17.1 Å². The summed E-state index contributed by atoms with van der Waals surface area (Å²) in [6.45, 7) is 2.07. The van der Waals surface area contributed by atoms with Crippen LogP contribution in [-0.4, -0.2) is 12.0 Å². The first-order valence-corrected chi connectivity index (χ1v) is 7.57. The van der Waals surface area contributed by atoms with Crippen LogP contribution in [0.15, 0.2) is 24.3 Å². The highest BCUT2D eigenvalue weighted by Gasteiger charge is 2.42. The van der Waals surface area contributed by atoms with E-state index < -0.39 is 12.1 Å². The van der Waals surface area contributed by atoms with E-state index in [9.17, 15) is 18.0 Å². The molecule has 1 aromatic rings. The van der Waals surface area contributed by atoms with E-state index in [0.717, 1.165) is 12.0 Å². The fourth-order valence-corrected chi connectivity index (χ4v) is 2.98. The van der Waals surface area contributed by atoms with Gasteiger partial charge in [-0.2, -0.15) is 13.2 Å². The van der Waals surface area contributed by atoms with Gasteiger partial charge in [0.1, 0.15) is 5.78 Å². The normalized spacial score (nSPS) is 23.0. The van der Waals surface area contributed by atoms with Crippen LogP contribution in [0, 0.1) is 11.8 Å². The Kier molecular flexibility index (Phi) is 5.07. The summed E-state index contributed by atoms with van der Waals surface area (Å²) >= 11 is 0. The number of aryl methyl sites for hydroxylation is 1. The summed E-state index contributed by atoms with van der Waals surface area (Å²) in [5.41, 5.74) is 2.17. The molecule has 0 aromatic heterocycles. The van der Waals surface area contributed by atoms with Crippen LogP contribution < -0.4 is 0 Å². The number of alkyl halides is 3. The summed E-state index contributed by atoms with van der Waals surface area (Å²) < 4.78 is 37.8. The Balaban J connectivity index is 1.87. The maximum Gasteiger partial charge on any atom is 0.391 e. The lowest BCUT2D eigenvalue weighted by atomic mass is 9.78. The lowest BCUT2D eigenvalue weighted by Gasteiger charge is -2.29. The maximum atomic E-state index is 12.6. The number of hydrogen-bond acceptors (Lipinski definition) is 1. The molecule has 1 aromatic carbocycles. The monoisotopic (exact) mass is 298 g/mol. The van der Waals surface area contributed by atoms with E-state index in [1.165, 1.54) is 5.56 Å². The predicted octanol–water partition coefficient (Wildman–Crippen LogP) is 4.73. The average molecular weight is 298 g/mol. The van der Waals surface area contributed by atoms with Crippen LogP contribution >= 0.6 is 0 Å². The van der Waals surface area contributed by atoms with Crippen molar-refractivity contribution in [2.45, 2.75) is 51.6 Å². The highest BCUT2D eigenvalue weighted by Crippen LogP contribution is 2.39. The highest BCUT2D eigenvalue weighted by atomic mass is 19.4. The molecule has 0 heterocycles. The van der Waals surface area contributed by atoms with Gasteiger partial charge in [-0.15, -0.1) is 0 Å². The second-order valence-corrected chi connectivity index (χ2v) is 5.90. The average Bonchev–Trinajstić information content (AvgIpc) is 2.47. The van der Waals surface area contributed by atoms with Crippen molar-refractivity contribution < 1.29 is 18.0 Å². The van der Waals surface area contributed by atoms with E-state index in [0.29, 0.717) is 19.3 Å². The molecule has 0 unspecified atom stereocenters. The molecule has 0 aliphatic heterocycles. The summed E-state index contributed by atoms with van der Waals surface area (Å²) in [4.78, 5) is 12.2. The molecule has 21 heavy (non-hydrogen) atoms. The zero-order valence-corrected chi connectivity index (χ0v) is 12.2. The van der Waals surface area contributed by atoms with Crippen LogP contribution in [-0.2, 0) is 17.6 Å². The second-order valence-electron chi connectivity index (χ2n) is 5.90. The number of hydrogen-bond donors (Lipinski definition) is 0. The van der Waals surface area contributed by atoms with E-state index in [1.807, 2.05) is 24.3 Å². The van der Waals surface area contributed by atoms with Gasteiger partial charge in [-0.05, 0) is 43.2 Å². The third-order valence-electron chi connectivity index (χ3n) is 4.46. The molecule has 1 saturated carbocycles. The molecule has 0 amide bonds. The fraction of sp³-hybridized carbons (Fsp3) is 0.588. The lowest BCUT2D eigenvalue weighted by molar-refractivity contribution is -0.184. The van der Waals surface area contributed by atoms with E-state index in [-0.39, 0.29) is 24.5 Å².